The van der Waals surface area contributed by atoms with E-state index in [1.807, 2.05) is 60.7 Å². The van der Waals surface area contributed by atoms with Crippen LogP contribution in [0.15, 0.2) is 70.7 Å². The Bertz CT molecular complexity index is 592. The molecule has 1 nitrogen and oxygen atoms in total. The molecular weight excluding hydrogens is 398 g/mol. The normalized spacial score (nSPS) is 11.7. The van der Waals surface area contributed by atoms with Gasteiger partial charge in [0.1, 0.15) is 0 Å². The number of hydrogen-bond donors (Lipinski definition) is 0. The van der Waals surface area contributed by atoms with Crippen molar-refractivity contribution in [3.05, 3.63) is 81.9 Å². The van der Waals surface area contributed by atoms with Gasteiger partial charge in [0.25, 0.3) is 0 Å². The van der Waals surface area contributed by atoms with Gasteiger partial charge in [0, 0.05) is 20.4 Å². The average Bonchev–Trinajstić information content (AvgIpc) is 2.48. The Hall–Kier alpha value is -1.17. The Kier molecular flexibility index (Phi) is 7.64. The van der Waals surface area contributed by atoms with Gasteiger partial charge in [-0.25, -0.2) is 0 Å². The van der Waals surface area contributed by atoms with Crippen molar-refractivity contribution in [2.75, 3.05) is 0 Å². The van der Waals surface area contributed by atoms with Crippen LogP contribution in [-0.2, 0) is 25.2 Å². The predicted octanol–water partition coefficient (Wildman–Crippen LogP) is 5.11. The molecule has 0 atom stereocenters. The monoisotopic (exact) mass is 408 g/mol. The second kappa shape index (κ2) is 8.97. The van der Waals surface area contributed by atoms with Crippen LogP contribution in [0.1, 0.15) is 11.1 Å². The van der Waals surface area contributed by atoms with Crippen LogP contribution in [0.5, 0.6) is 0 Å². The van der Waals surface area contributed by atoms with Crippen molar-refractivity contribution in [2.24, 2.45) is 0 Å². The number of allylic oxidation sites excluding steroid dienone is 2. The number of carbonyl (C=O) groups excluding carboxylic acids is 1. The van der Waals surface area contributed by atoms with E-state index in [9.17, 15) is 4.79 Å². The van der Waals surface area contributed by atoms with Crippen LogP contribution in [-0.4, -0.2) is 5.78 Å². The fourth-order valence-corrected chi connectivity index (χ4v) is 2.14. The maximum Gasteiger partial charge on any atom is 0.215 e. The van der Waals surface area contributed by atoms with Gasteiger partial charge >= 0.3 is 0 Å². The molecule has 2 aromatic rings. The Labute approximate surface area is 147 Å². The van der Waals surface area contributed by atoms with Crippen LogP contribution in [0.4, 0.5) is 0 Å². The SMILES string of the molecule is O=C(C(Cl)=Cc1ccccc1)C(Cl)=Cc1ccccc1.[Pd]. The fourth-order valence-electron chi connectivity index (χ4n) is 1.64. The fraction of sp³-hybridized carbons (Fsp3) is 0. The van der Waals surface area contributed by atoms with Gasteiger partial charge in [0.15, 0.2) is 0 Å². The van der Waals surface area contributed by atoms with Crippen molar-refractivity contribution in [3.8, 4) is 0 Å². The average molecular weight is 410 g/mol. The molecule has 2 aromatic carbocycles. The van der Waals surface area contributed by atoms with Crippen LogP contribution in [0.3, 0.4) is 0 Å². The summed E-state index contributed by atoms with van der Waals surface area (Å²) in [6.07, 6.45) is 3.20. The van der Waals surface area contributed by atoms with E-state index < -0.39 is 0 Å². The van der Waals surface area contributed by atoms with Crippen LogP contribution in [0, 0.1) is 0 Å². The van der Waals surface area contributed by atoms with Crippen LogP contribution >= 0.6 is 23.2 Å². The standard InChI is InChI=1S/C17H12Cl2O.Pd/c18-15(11-13-7-3-1-4-8-13)17(20)16(19)12-14-9-5-2-6-10-14;/h1-12H;. The molecule has 0 heterocycles. The molecule has 0 aliphatic carbocycles. The Morgan fingerprint density at radius 3 is 1.38 bits per heavy atom. The third-order valence-corrected chi connectivity index (χ3v) is 3.18. The van der Waals surface area contributed by atoms with Crippen molar-refractivity contribution in [2.45, 2.75) is 0 Å². The Balaban J connectivity index is 0.00000220. The molecule has 0 amide bonds. The molecule has 0 N–H and O–H groups in total. The van der Waals surface area contributed by atoms with Gasteiger partial charge in [-0.2, -0.15) is 0 Å². The molecule has 0 aliphatic heterocycles. The van der Waals surface area contributed by atoms with Crippen LogP contribution in [0.2, 0.25) is 0 Å². The summed E-state index contributed by atoms with van der Waals surface area (Å²) in [6, 6.07) is 18.8. The summed E-state index contributed by atoms with van der Waals surface area (Å²) in [5.74, 6) is -0.388. The molecule has 0 aromatic heterocycles. The number of hydrogen-bond acceptors (Lipinski definition) is 1. The molecule has 2 rings (SSSR count). The van der Waals surface area contributed by atoms with E-state index in [0.717, 1.165) is 11.1 Å². The minimum absolute atomic E-state index is 0. The van der Waals surface area contributed by atoms with E-state index in [1.54, 1.807) is 12.2 Å². The van der Waals surface area contributed by atoms with E-state index in [4.69, 9.17) is 23.2 Å². The van der Waals surface area contributed by atoms with Gasteiger partial charge in [0.05, 0.1) is 10.1 Å². The van der Waals surface area contributed by atoms with Crippen LogP contribution < -0.4 is 0 Å². The molecule has 0 spiro atoms. The van der Waals surface area contributed by atoms with Crippen molar-refractivity contribution >= 4 is 41.1 Å². The zero-order chi connectivity index (χ0) is 14.4. The second-order valence-electron chi connectivity index (χ2n) is 4.14. The Morgan fingerprint density at radius 2 is 1.05 bits per heavy atom. The number of Topliss-reactive ketones (excluding diaryl/α,β-unsaturated/α-hetero) is 1. The van der Waals surface area contributed by atoms with Crippen molar-refractivity contribution in [3.63, 3.8) is 0 Å². The molecular formula is C17H12Cl2OPd. The van der Waals surface area contributed by atoms with Gasteiger partial charge < -0.3 is 0 Å². The Morgan fingerprint density at radius 1 is 0.714 bits per heavy atom. The number of rotatable bonds is 4. The number of benzene rings is 2. The molecule has 0 fully saturated rings. The van der Waals surface area contributed by atoms with E-state index >= 15 is 0 Å². The van der Waals surface area contributed by atoms with Gasteiger partial charge in [-0.1, -0.05) is 83.9 Å². The number of carbonyl (C=O) groups is 1. The van der Waals surface area contributed by atoms with Gasteiger partial charge in [-0.3, -0.25) is 4.79 Å². The summed E-state index contributed by atoms with van der Waals surface area (Å²) in [5.41, 5.74) is 1.71. The summed E-state index contributed by atoms with van der Waals surface area (Å²) in [7, 11) is 0. The zero-order valence-corrected chi connectivity index (χ0v) is 14.0. The summed E-state index contributed by atoms with van der Waals surface area (Å²) in [4.78, 5) is 12.1. The van der Waals surface area contributed by atoms with E-state index in [-0.39, 0.29) is 36.3 Å². The van der Waals surface area contributed by atoms with Gasteiger partial charge in [0.2, 0.25) is 5.78 Å². The smallest absolute Gasteiger partial charge is 0.215 e. The molecule has 21 heavy (non-hydrogen) atoms. The van der Waals surface area contributed by atoms with Crippen molar-refractivity contribution < 1.29 is 25.2 Å². The van der Waals surface area contributed by atoms with Gasteiger partial charge in [-0.05, 0) is 23.3 Å². The van der Waals surface area contributed by atoms with E-state index in [1.165, 1.54) is 0 Å². The molecule has 0 bridgehead atoms. The summed E-state index contributed by atoms with van der Waals surface area (Å²) in [6.45, 7) is 0. The molecule has 0 aliphatic rings. The third-order valence-electron chi connectivity index (χ3n) is 2.62. The van der Waals surface area contributed by atoms with E-state index in [2.05, 4.69) is 0 Å². The maximum atomic E-state index is 12.1. The quantitative estimate of drug-likeness (QED) is 0.506. The molecule has 0 unspecified atom stereocenters. The molecule has 0 saturated carbocycles. The summed E-state index contributed by atoms with van der Waals surface area (Å²) < 4.78 is 0. The maximum absolute atomic E-state index is 12.1. The summed E-state index contributed by atoms with van der Waals surface area (Å²) >= 11 is 12.0. The minimum atomic E-state index is -0.388. The summed E-state index contributed by atoms with van der Waals surface area (Å²) in [5, 5.41) is 0.182. The first-order chi connectivity index (χ1) is 9.66. The van der Waals surface area contributed by atoms with Crippen molar-refractivity contribution in [1.82, 2.24) is 0 Å². The van der Waals surface area contributed by atoms with Gasteiger partial charge in [-0.15, -0.1) is 0 Å². The molecule has 4 heteroatoms. The van der Waals surface area contributed by atoms with E-state index in [0.29, 0.717) is 0 Å². The second-order valence-corrected chi connectivity index (χ2v) is 4.95. The topological polar surface area (TPSA) is 17.1 Å². The molecule has 110 valence electrons. The number of ketones is 1. The first kappa shape index (κ1) is 17.9. The largest absolute Gasteiger partial charge is 0.287 e. The van der Waals surface area contributed by atoms with Crippen LogP contribution in [0.25, 0.3) is 12.2 Å². The first-order valence-corrected chi connectivity index (χ1v) is 6.81. The first-order valence-electron chi connectivity index (χ1n) is 6.06. The predicted molar refractivity (Wildman–Crippen MR) is 85.6 cm³/mol. The van der Waals surface area contributed by atoms with Crippen molar-refractivity contribution in [1.29, 1.82) is 0 Å². The third kappa shape index (κ3) is 5.61. The zero-order valence-electron chi connectivity index (χ0n) is 10.9. The molecule has 0 radical (unpaired) electrons. The number of halogens is 2. The minimum Gasteiger partial charge on any atom is -0.287 e. The molecule has 0 saturated heterocycles.